The predicted octanol–water partition coefficient (Wildman–Crippen LogP) is -9.59. The summed E-state index contributed by atoms with van der Waals surface area (Å²) in [5.74, 6) is 0. The lowest BCUT2D eigenvalue weighted by molar-refractivity contribution is -0.374. The first-order valence-corrected chi connectivity index (χ1v) is 14.3. The van der Waals surface area contributed by atoms with Crippen molar-refractivity contribution in [2.45, 2.75) is 116 Å². The molecule has 19 atom stereocenters. The zero-order valence-corrected chi connectivity index (χ0v) is 23.7. The molecule has 3 fully saturated rings. The smallest absolute Gasteiger partial charge is 0.187 e. The predicted molar refractivity (Wildman–Crippen MR) is 139 cm³/mol. The van der Waals surface area contributed by atoms with Crippen LogP contribution in [0.15, 0.2) is 11.6 Å². The zero-order chi connectivity index (χ0) is 33.3. The van der Waals surface area contributed by atoms with E-state index in [1.54, 1.807) is 0 Å². The van der Waals surface area contributed by atoms with Gasteiger partial charge in [-0.1, -0.05) is 6.08 Å². The lowest BCUT2D eigenvalue weighted by Crippen LogP contribution is -2.69. The Morgan fingerprint density at radius 1 is 0.556 bits per heavy atom. The molecule has 0 radical (unpaired) electrons. The number of rotatable bonds is 10. The molecule has 0 saturated carbocycles. The summed E-state index contributed by atoms with van der Waals surface area (Å²) in [6, 6.07) is -2.51. The molecular formula is C25H43NO19. The van der Waals surface area contributed by atoms with Crippen molar-refractivity contribution in [3.05, 3.63) is 11.6 Å². The molecule has 11 unspecified atom stereocenters. The maximum atomic E-state index is 10.9. The number of nitrogens with one attached hydrogen (secondary N) is 1. The fourth-order valence-corrected chi connectivity index (χ4v) is 5.85. The number of hydrogen-bond acceptors (Lipinski definition) is 20. The molecule has 0 spiro atoms. The van der Waals surface area contributed by atoms with Crippen molar-refractivity contribution in [3.8, 4) is 0 Å². The zero-order valence-electron chi connectivity index (χ0n) is 23.7. The normalized spacial score (nSPS) is 51.2. The molecule has 3 heterocycles. The Labute approximate surface area is 255 Å². The van der Waals surface area contributed by atoms with E-state index in [4.69, 9.17) is 23.7 Å². The van der Waals surface area contributed by atoms with Gasteiger partial charge in [-0.25, -0.2) is 0 Å². The summed E-state index contributed by atoms with van der Waals surface area (Å²) in [5.41, 5.74) is -0.0350. The standard InChI is InChI=1S/C25H43NO19/c27-2-6-1-7(13(32)15(34)12(6)31)26-11-8(3-28)42-24(19(38)14(11)33)45-22-10(5-30)43-25(20(39)17(22)36)44-21-9(4-29)41-23(40)18(37)16(21)35/h1,7-40H,2-5H2/t7?,8?,9?,10-,11-,12?,13?,14?,15+,16?,17-,18-,19-,20?,21?,22?,23?,24+,25+/m1/s1. The van der Waals surface area contributed by atoms with Gasteiger partial charge >= 0.3 is 0 Å². The van der Waals surface area contributed by atoms with E-state index in [0.717, 1.165) is 0 Å². The maximum Gasteiger partial charge on any atom is 0.187 e. The second kappa shape index (κ2) is 15.4. The van der Waals surface area contributed by atoms with Crippen LogP contribution in [0.25, 0.3) is 0 Å². The van der Waals surface area contributed by atoms with Gasteiger partial charge in [0.25, 0.3) is 0 Å². The molecule has 4 rings (SSSR count). The van der Waals surface area contributed by atoms with Gasteiger partial charge in [0.2, 0.25) is 0 Å². The van der Waals surface area contributed by atoms with E-state index in [0.29, 0.717) is 0 Å². The van der Waals surface area contributed by atoms with Crippen LogP contribution in [0.1, 0.15) is 0 Å². The molecule has 0 bridgehead atoms. The van der Waals surface area contributed by atoms with Crippen molar-refractivity contribution in [1.29, 1.82) is 0 Å². The second-order valence-electron chi connectivity index (χ2n) is 11.4. The Bertz CT molecular complexity index is 973. The third-order valence-corrected chi connectivity index (χ3v) is 8.51. The summed E-state index contributed by atoms with van der Waals surface area (Å²) in [6.07, 6.45) is -28.1. The monoisotopic (exact) mass is 661 g/mol. The lowest BCUT2D eigenvalue weighted by Gasteiger charge is -2.49. The van der Waals surface area contributed by atoms with Crippen LogP contribution in [0.4, 0.5) is 0 Å². The summed E-state index contributed by atoms with van der Waals surface area (Å²) >= 11 is 0. The van der Waals surface area contributed by atoms with Crippen molar-refractivity contribution in [3.63, 3.8) is 0 Å². The van der Waals surface area contributed by atoms with Gasteiger partial charge in [-0.05, 0) is 5.57 Å². The topological polar surface area (TPSA) is 341 Å². The van der Waals surface area contributed by atoms with Gasteiger partial charge in [-0.15, -0.1) is 0 Å². The molecule has 0 aromatic rings. The quantitative estimate of drug-likeness (QED) is 0.0966. The van der Waals surface area contributed by atoms with Crippen LogP contribution in [-0.4, -0.2) is 214 Å². The lowest BCUT2D eigenvalue weighted by atomic mass is 9.86. The fourth-order valence-electron chi connectivity index (χ4n) is 5.85. The summed E-state index contributed by atoms with van der Waals surface area (Å²) < 4.78 is 27.2. The minimum absolute atomic E-state index is 0.0350. The van der Waals surface area contributed by atoms with Crippen molar-refractivity contribution in [2.24, 2.45) is 0 Å². The van der Waals surface area contributed by atoms with Gasteiger partial charge in [0, 0.05) is 0 Å². The summed E-state index contributed by atoms with van der Waals surface area (Å²) in [4.78, 5) is 0. The highest BCUT2D eigenvalue weighted by Crippen LogP contribution is 2.32. The van der Waals surface area contributed by atoms with Gasteiger partial charge in [-0.2, -0.15) is 0 Å². The third-order valence-electron chi connectivity index (χ3n) is 8.51. The van der Waals surface area contributed by atoms with Crippen molar-refractivity contribution >= 4 is 0 Å². The third kappa shape index (κ3) is 7.35. The van der Waals surface area contributed by atoms with Crippen LogP contribution >= 0.6 is 0 Å². The van der Waals surface area contributed by atoms with Crippen LogP contribution in [-0.2, 0) is 23.7 Å². The van der Waals surface area contributed by atoms with Crippen LogP contribution in [0.3, 0.4) is 0 Å². The number of hydrogen-bond donors (Lipinski definition) is 15. The Balaban J connectivity index is 1.45. The highest BCUT2D eigenvalue weighted by molar-refractivity contribution is 5.22. The van der Waals surface area contributed by atoms with E-state index in [1.807, 2.05) is 0 Å². The van der Waals surface area contributed by atoms with Gasteiger partial charge in [0.05, 0.1) is 38.5 Å². The minimum atomic E-state index is -1.98. The molecule has 0 amide bonds. The Morgan fingerprint density at radius 2 is 1.04 bits per heavy atom. The summed E-state index contributed by atoms with van der Waals surface area (Å²) in [5, 5.41) is 146. The van der Waals surface area contributed by atoms with E-state index in [2.05, 4.69) is 5.32 Å². The molecule has 3 saturated heterocycles. The second-order valence-corrected chi connectivity index (χ2v) is 11.4. The Morgan fingerprint density at radius 3 is 1.58 bits per heavy atom. The number of ether oxygens (including phenoxy) is 5. The fraction of sp³-hybridized carbons (Fsp3) is 0.920. The van der Waals surface area contributed by atoms with E-state index < -0.39 is 143 Å². The largest absolute Gasteiger partial charge is 0.394 e. The molecule has 1 aliphatic carbocycles. The van der Waals surface area contributed by atoms with Gasteiger partial charge in [0.1, 0.15) is 85.5 Å². The maximum absolute atomic E-state index is 10.9. The molecule has 15 N–H and O–H groups in total. The van der Waals surface area contributed by atoms with Gasteiger partial charge in [0.15, 0.2) is 18.9 Å². The van der Waals surface area contributed by atoms with E-state index in [-0.39, 0.29) is 5.57 Å². The highest BCUT2D eigenvalue weighted by atomic mass is 16.7. The molecule has 45 heavy (non-hydrogen) atoms. The first-order chi connectivity index (χ1) is 21.3. The summed E-state index contributed by atoms with van der Waals surface area (Å²) in [7, 11) is 0. The van der Waals surface area contributed by atoms with E-state index in [1.165, 1.54) is 6.08 Å². The van der Waals surface area contributed by atoms with Crippen molar-refractivity contribution in [2.75, 3.05) is 26.4 Å². The number of aliphatic hydroxyl groups is 14. The molecule has 20 heteroatoms. The summed E-state index contributed by atoms with van der Waals surface area (Å²) in [6.45, 7) is -3.13. The average Bonchev–Trinajstić information content (AvgIpc) is 3.03. The van der Waals surface area contributed by atoms with Crippen LogP contribution in [0.2, 0.25) is 0 Å². The first kappa shape index (κ1) is 36.8. The van der Waals surface area contributed by atoms with Crippen molar-refractivity contribution in [1.82, 2.24) is 5.32 Å². The molecule has 20 nitrogen and oxygen atoms in total. The molecule has 4 aliphatic rings. The van der Waals surface area contributed by atoms with Crippen LogP contribution in [0, 0.1) is 0 Å². The SMILES string of the molecule is OCC1=CC(N[C@@H]2C(CO)O[C@@H](OC3[C@H](O)C(O)[C@H](OC4C(CO)OC(O)[C@H](O)C4O)O[C@@H]3CO)[C@H](O)C2O)C(O)[C@@H](O)C1O. The van der Waals surface area contributed by atoms with Crippen LogP contribution in [0.5, 0.6) is 0 Å². The van der Waals surface area contributed by atoms with Crippen LogP contribution < -0.4 is 5.32 Å². The molecule has 262 valence electrons. The molecule has 0 aromatic heterocycles. The molecule has 0 aromatic carbocycles. The van der Waals surface area contributed by atoms with Gasteiger partial charge < -0.3 is 100 Å². The Hall–Kier alpha value is -1.06. The highest BCUT2D eigenvalue weighted by Gasteiger charge is 2.54. The van der Waals surface area contributed by atoms with Gasteiger partial charge in [-0.3, -0.25) is 0 Å². The Kier molecular flexibility index (Phi) is 12.6. The number of aliphatic hydroxyl groups excluding tert-OH is 14. The molecule has 3 aliphatic heterocycles. The van der Waals surface area contributed by atoms with E-state index in [9.17, 15) is 71.5 Å². The first-order valence-electron chi connectivity index (χ1n) is 14.3. The minimum Gasteiger partial charge on any atom is -0.394 e. The van der Waals surface area contributed by atoms with E-state index >= 15 is 0 Å². The molecular weight excluding hydrogens is 618 g/mol. The average molecular weight is 662 g/mol. The van der Waals surface area contributed by atoms with Crippen molar-refractivity contribution < 1.29 is 95.2 Å².